The molecule has 1 fully saturated rings. The third kappa shape index (κ3) is 4.22. The Hall–Kier alpha value is -1.56. The number of thioether (sulfide) groups is 1. The molecular formula is C16H22N4OS. The quantitative estimate of drug-likeness (QED) is 0.426. The molecule has 0 radical (unpaired) electrons. The van der Waals surface area contributed by atoms with Gasteiger partial charge in [0.25, 0.3) is 5.56 Å². The third-order valence-electron chi connectivity index (χ3n) is 3.77. The van der Waals surface area contributed by atoms with Gasteiger partial charge in [-0.25, -0.2) is 0 Å². The number of rotatable bonds is 8. The minimum Gasteiger partial charge on any atom is -0.324 e. The number of hydrogen-bond donors (Lipinski definition) is 0. The summed E-state index contributed by atoms with van der Waals surface area (Å²) in [6, 6.07) is 2.13. The zero-order valence-corrected chi connectivity index (χ0v) is 13.8. The number of aromatic nitrogens is 4. The molecule has 3 rings (SSSR count). The standard InChI is InChI=1S/C16H22N4OS/c1-13-11-17-19(12-13)8-3-2-4-10-22-16-18-15(21)7-9-20(16)14-5-6-14/h7,9,11-12,14H,2-6,8,10H2,1H3. The van der Waals surface area contributed by atoms with Crippen molar-refractivity contribution in [3.63, 3.8) is 0 Å². The lowest BCUT2D eigenvalue weighted by Gasteiger charge is -2.10. The normalized spacial score (nSPS) is 14.4. The SMILES string of the molecule is Cc1cnn(CCCCCSc2nc(=O)ccn2C2CC2)c1. The summed E-state index contributed by atoms with van der Waals surface area (Å²) in [4.78, 5) is 15.6. The topological polar surface area (TPSA) is 52.7 Å². The van der Waals surface area contributed by atoms with E-state index in [0.29, 0.717) is 6.04 Å². The molecule has 118 valence electrons. The van der Waals surface area contributed by atoms with Crippen LogP contribution in [-0.4, -0.2) is 25.1 Å². The first-order valence-corrected chi connectivity index (χ1v) is 8.92. The summed E-state index contributed by atoms with van der Waals surface area (Å²) in [6.07, 6.45) is 11.7. The van der Waals surface area contributed by atoms with Crippen LogP contribution in [0.15, 0.2) is 34.6 Å². The van der Waals surface area contributed by atoms with E-state index in [9.17, 15) is 4.79 Å². The molecule has 0 aromatic carbocycles. The summed E-state index contributed by atoms with van der Waals surface area (Å²) < 4.78 is 4.17. The van der Waals surface area contributed by atoms with E-state index in [0.717, 1.165) is 30.3 Å². The Morgan fingerprint density at radius 1 is 1.32 bits per heavy atom. The van der Waals surface area contributed by atoms with Crippen molar-refractivity contribution in [3.8, 4) is 0 Å². The summed E-state index contributed by atoms with van der Waals surface area (Å²) in [7, 11) is 0. The molecule has 0 bridgehead atoms. The molecule has 0 N–H and O–H groups in total. The molecule has 6 heteroatoms. The van der Waals surface area contributed by atoms with Crippen LogP contribution in [0.2, 0.25) is 0 Å². The highest BCUT2D eigenvalue weighted by Crippen LogP contribution is 2.37. The van der Waals surface area contributed by atoms with Crippen LogP contribution in [-0.2, 0) is 6.54 Å². The first-order valence-electron chi connectivity index (χ1n) is 7.93. The average Bonchev–Trinajstić information content (AvgIpc) is 3.25. The van der Waals surface area contributed by atoms with Crippen LogP contribution >= 0.6 is 11.8 Å². The smallest absolute Gasteiger partial charge is 0.273 e. The molecule has 0 unspecified atom stereocenters. The maximum atomic E-state index is 11.4. The Labute approximate surface area is 134 Å². The molecule has 2 aromatic rings. The van der Waals surface area contributed by atoms with Gasteiger partial charge in [-0.3, -0.25) is 9.48 Å². The zero-order valence-electron chi connectivity index (χ0n) is 12.9. The molecule has 2 heterocycles. The maximum Gasteiger partial charge on any atom is 0.273 e. The summed E-state index contributed by atoms with van der Waals surface area (Å²) in [5.74, 6) is 1.02. The van der Waals surface area contributed by atoms with Crippen molar-refractivity contribution in [1.29, 1.82) is 0 Å². The molecule has 0 atom stereocenters. The van der Waals surface area contributed by atoms with Crippen LogP contribution in [0.4, 0.5) is 0 Å². The lowest BCUT2D eigenvalue weighted by atomic mass is 10.2. The minimum atomic E-state index is -0.131. The van der Waals surface area contributed by atoms with Gasteiger partial charge in [0.1, 0.15) is 0 Å². The molecule has 5 nitrogen and oxygen atoms in total. The monoisotopic (exact) mass is 318 g/mol. The van der Waals surface area contributed by atoms with Crippen LogP contribution < -0.4 is 5.56 Å². The summed E-state index contributed by atoms with van der Waals surface area (Å²) in [5, 5.41) is 5.18. The Bertz CT molecular complexity index is 675. The van der Waals surface area contributed by atoms with Gasteiger partial charge < -0.3 is 4.57 Å². The van der Waals surface area contributed by atoms with Crippen LogP contribution in [0.5, 0.6) is 0 Å². The van der Waals surface area contributed by atoms with Gasteiger partial charge in [-0.05, 0) is 38.2 Å². The van der Waals surface area contributed by atoms with Crippen molar-refractivity contribution in [2.75, 3.05) is 5.75 Å². The molecule has 2 aromatic heterocycles. The van der Waals surface area contributed by atoms with Crippen LogP contribution in [0.3, 0.4) is 0 Å². The molecule has 0 aliphatic heterocycles. The van der Waals surface area contributed by atoms with Gasteiger partial charge >= 0.3 is 0 Å². The molecule has 22 heavy (non-hydrogen) atoms. The summed E-state index contributed by atoms with van der Waals surface area (Å²) in [6.45, 7) is 3.04. The molecule has 0 amide bonds. The van der Waals surface area contributed by atoms with Crippen molar-refractivity contribution in [1.82, 2.24) is 19.3 Å². The number of unbranched alkanes of at least 4 members (excludes halogenated alkanes) is 2. The van der Waals surface area contributed by atoms with Crippen molar-refractivity contribution < 1.29 is 0 Å². The van der Waals surface area contributed by atoms with E-state index < -0.39 is 0 Å². The van der Waals surface area contributed by atoms with Crippen molar-refractivity contribution >= 4 is 11.8 Å². The van der Waals surface area contributed by atoms with E-state index in [1.165, 1.54) is 24.8 Å². The lowest BCUT2D eigenvalue weighted by Crippen LogP contribution is -2.12. The fourth-order valence-electron chi connectivity index (χ4n) is 2.44. The minimum absolute atomic E-state index is 0.131. The van der Waals surface area contributed by atoms with E-state index in [4.69, 9.17) is 0 Å². The molecule has 0 saturated heterocycles. The Balaban J connectivity index is 1.40. The van der Waals surface area contributed by atoms with Crippen LogP contribution in [0.1, 0.15) is 43.7 Å². The van der Waals surface area contributed by atoms with E-state index in [1.807, 2.05) is 17.1 Å². The predicted octanol–water partition coefficient (Wildman–Crippen LogP) is 3.05. The van der Waals surface area contributed by atoms with Gasteiger partial charge in [-0.1, -0.05) is 18.2 Å². The van der Waals surface area contributed by atoms with Crippen molar-refractivity contribution in [2.24, 2.45) is 0 Å². The summed E-state index contributed by atoms with van der Waals surface area (Å²) >= 11 is 1.71. The van der Waals surface area contributed by atoms with Gasteiger partial charge in [0.15, 0.2) is 5.16 Å². The highest BCUT2D eigenvalue weighted by atomic mass is 32.2. The van der Waals surface area contributed by atoms with E-state index >= 15 is 0 Å². The van der Waals surface area contributed by atoms with Gasteiger partial charge in [0, 0.05) is 36.8 Å². The third-order valence-corrected chi connectivity index (χ3v) is 4.82. The molecular weight excluding hydrogens is 296 g/mol. The van der Waals surface area contributed by atoms with E-state index in [2.05, 4.69) is 27.8 Å². The Morgan fingerprint density at radius 2 is 2.18 bits per heavy atom. The second kappa shape index (κ2) is 7.13. The van der Waals surface area contributed by atoms with E-state index in [-0.39, 0.29) is 5.56 Å². The first kappa shape index (κ1) is 15.3. The van der Waals surface area contributed by atoms with Crippen molar-refractivity contribution in [3.05, 3.63) is 40.6 Å². The molecule has 1 saturated carbocycles. The molecule has 1 aliphatic carbocycles. The predicted molar refractivity (Wildman–Crippen MR) is 88.3 cm³/mol. The first-order chi connectivity index (χ1) is 10.7. The number of nitrogens with zero attached hydrogens (tertiary/aromatic N) is 4. The second-order valence-electron chi connectivity index (χ2n) is 5.88. The number of hydrogen-bond acceptors (Lipinski definition) is 4. The van der Waals surface area contributed by atoms with Gasteiger partial charge in [-0.2, -0.15) is 10.1 Å². The van der Waals surface area contributed by atoms with Gasteiger partial charge in [0.2, 0.25) is 0 Å². The average molecular weight is 318 g/mol. The zero-order chi connectivity index (χ0) is 15.4. The lowest BCUT2D eigenvalue weighted by molar-refractivity contribution is 0.554. The summed E-state index contributed by atoms with van der Waals surface area (Å²) in [5.41, 5.74) is 1.08. The Kier molecular flexibility index (Phi) is 4.97. The van der Waals surface area contributed by atoms with Crippen LogP contribution in [0, 0.1) is 6.92 Å². The van der Waals surface area contributed by atoms with Crippen molar-refractivity contribution in [2.45, 2.75) is 56.8 Å². The van der Waals surface area contributed by atoms with Gasteiger partial charge in [0.05, 0.1) is 6.20 Å². The molecule has 1 aliphatic rings. The molecule has 0 spiro atoms. The fourth-order valence-corrected chi connectivity index (χ4v) is 3.48. The highest BCUT2D eigenvalue weighted by molar-refractivity contribution is 7.99. The maximum absolute atomic E-state index is 11.4. The van der Waals surface area contributed by atoms with Crippen LogP contribution in [0.25, 0.3) is 0 Å². The number of aryl methyl sites for hydroxylation is 2. The largest absolute Gasteiger partial charge is 0.324 e. The Morgan fingerprint density at radius 3 is 2.91 bits per heavy atom. The van der Waals surface area contributed by atoms with E-state index in [1.54, 1.807) is 17.8 Å². The highest BCUT2D eigenvalue weighted by Gasteiger charge is 2.25. The van der Waals surface area contributed by atoms with Gasteiger partial charge in [-0.15, -0.1) is 0 Å². The second-order valence-corrected chi connectivity index (χ2v) is 6.94. The fraction of sp³-hybridized carbons (Fsp3) is 0.562.